The number of nitrogens with two attached hydrogens (primary N) is 2. The molecule has 10 nitrogen and oxygen atoms in total. The third-order valence-corrected chi connectivity index (χ3v) is 5.55. The minimum absolute atomic E-state index is 0.0873. The Hall–Kier alpha value is -3.92. The Morgan fingerprint density at radius 3 is 2.24 bits per heavy atom. The molecule has 2 aromatic rings. The molecule has 3 amide bonds. The summed E-state index contributed by atoms with van der Waals surface area (Å²) in [7, 11) is 0. The van der Waals surface area contributed by atoms with E-state index in [-0.39, 0.29) is 24.6 Å². The van der Waals surface area contributed by atoms with Crippen molar-refractivity contribution in [2.24, 2.45) is 16.5 Å². The van der Waals surface area contributed by atoms with Crippen molar-refractivity contribution < 1.29 is 19.5 Å². The van der Waals surface area contributed by atoms with E-state index >= 15 is 0 Å². The number of hydrogen-bond donors (Lipinski definition) is 6. The Balaban J connectivity index is 1.67. The number of phenols is 1. The van der Waals surface area contributed by atoms with E-state index < -0.39 is 35.8 Å². The van der Waals surface area contributed by atoms with Crippen molar-refractivity contribution in [2.75, 3.05) is 6.54 Å². The summed E-state index contributed by atoms with van der Waals surface area (Å²) < 4.78 is 0. The average Bonchev–Trinajstić information content (AvgIpc) is 3.33. The molecule has 2 aromatic carbocycles. The number of amides is 3. The molecule has 34 heavy (non-hydrogen) atoms. The largest absolute Gasteiger partial charge is 0.508 e. The van der Waals surface area contributed by atoms with Gasteiger partial charge in [-0.2, -0.15) is 0 Å². The van der Waals surface area contributed by atoms with Gasteiger partial charge in [-0.15, -0.1) is 0 Å². The predicted molar refractivity (Wildman–Crippen MR) is 128 cm³/mol. The van der Waals surface area contributed by atoms with Gasteiger partial charge < -0.3 is 32.5 Å². The number of benzene rings is 2. The molecule has 0 aliphatic carbocycles. The highest BCUT2D eigenvalue weighted by atomic mass is 16.3. The lowest BCUT2D eigenvalue weighted by atomic mass is 10.0. The van der Waals surface area contributed by atoms with E-state index in [9.17, 15) is 19.5 Å². The number of hydrogen-bond acceptors (Lipinski definition) is 7. The molecular weight excluding hydrogens is 436 g/mol. The van der Waals surface area contributed by atoms with Gasteiger partial charge in [0.2, 0.25) is 17.7 Å². The second-order valence-corrected chi connectivity index (χ2v) is 8.29. The minimum atomic E-state index is -0.998. The molecule has 1 aliphatic rings. The molecule has 0 fully saturated rings. The van der Waals surface area contributed by atoms with Gasteiger partial charge in [0.05, 0.1) is 18.9 Å². The van der Waals surface area contributed by atoms with Gasteiger partial charge in [0, 0.05) is 12.5 Å². The highest BCUT2D eigenvalue weighted by Gasteiger charge is 2.30. The number of phenolic OH excluding ortho intramolecular Hbond substituents is 1. The van der Waals surface area contributed by atoms with E-state index in [1.807, 2.05) is 30.3 Å². The van der Waals surface area contributed by atoms with Crippen LogP contribution in [0.15, 0.2) is 59.6 Å². The Bertz CT molecular complexity index is 1000. The van der Waals surface area contributed by atoms with Crippen molar-refractivity contribution in [1.29, 1.82) is 0 Å². The monoisotopic (exact) mass is 466 g/mol. The molecule has 0 radical (unpaired) electrons. The standard InChI is InChI=1S/C24H30N6O4/c25-19(10-15-4-2-1-3-5-15)23(33)30-21(12-17-13-27-14-28-17)24(34)29-20(22(26)32)11-16-6-8-18(31)9-7-16/h1-9,14,17,19-21,31H,10-13,25H2,(H2,26,32)(H,27,28)(H,29,34)(H,30,33). The summed E-state index contributed by atoms with van der Waals surface area (Å²) in [5.41, 5.74) is 13.2. The van der Waals surface area contributed by atoms with Crippen LogP contribution in [0.3, 0.4) is 0 Å². The van der Waals surface area contributed by atoms with Crippen LogP contribution in [0, 0.1) is 0 Å². The highest BCUT2D eigenvalue weighted by molar-refractivity contribution is 5.93. The second kappa shape index (κ2) is 11.8. The maximum atomic E-state index is 13.1. The summed E-state index contributed by atoms with van der Waals surface area (Å²) in [6.45, 7) is 0.461. The molecule has 4 unspecified atom stereocenters. The fourth-order valence-electron chi connectivity index (χ4n) is 3.65. The predicted octanol–water partition coefficient (Wildman–Crippen LogP) is -0.650. The summed E-state index contributed by atoms with van der Waals surface area (Å²) in [6, 6.07) is 12.6. The van der Waals surface area contributed by atoms with Gasteiger partial charge in [-0.1, -0.05) is 42.5 Å². The van der Waals surface area contributed by atoms with E-state index in [4.69, 9.17) is 11.5 Å². The molecule has 1 aliphatic heterocycles. The number of rotatable bonds is 11. The maximum absolute atomic E-state index is 13.1. The Kier molecular flexibility index (Phi) is 8.58. The van der Waals surface area contributed by atoms with Crippen LogP contribution in [0.2, 0.25) is 0 Å². The molecule has 10 heteroatoms. The molecule has 4 atom stereocenters. The number of aromatic hydroxyl groups is 1. The molecule has 0 saturated heterocycles. The summed E-state index contributed by atoms with van der Waals surface area (Å²) in [5, 5.41) is 17.9. The lowest BCUT2D eigenvalue weighted by Gasteiger charge is -2.25. The molecule has 0 spiro atoms. The number of nitrogens with zero attached hydrogens (tertiary/aromatic N) is 1. The van der Waals surface area contributed by atoms with Gasteiger partial charge in [0.25, 0.3) is 0 Å². The SMILES string of the molecule is NC(=O)C(Cc1ccc(O)cc1)NC(=O)C(CC1CN=CN1)NC(=O)C(N)Cc1ccccc1. The molecule has 180 valence electrons. The fourth-order valence-corrected chi connectivity index (χ4v) is 3.65. The maximum Gasteiger partial charge on any atom is 0.243 e. The van der Waals surface area contributed by atoms with Crippen molar-refractivity contribution in [3.8, 4) is 5.75 Å². The van der Waals surface area contributed by atoms with Gasteiger partial charge >= 0.3 is 0 Å². The van der Waals surface area contributed by atoms with Crippen LogP contribution in [0.1, 0.15) is 17.5 Å². The quantitative estimate of drug-likeness (QED) is 0.257. The van der Waals surface area contributed by atoms with Crippen molar-refractivity contribution >= 4 is 24.1 Å². The minimum Gasteiger partial charge on any atom is -0.508 e. The lowest BCUT2D eigenvalue weighted by molar-refractivity contribution is -0.132. The van der Waals surface area contributed by atoms with Crippen LogP contribution in [-0.4, -0.2) is 59.9 Å². The number of aliphatic imine (C=N–C) groups is 1. The first-order valence-electron chi connectivity index (χ1n) is 11.0. The third kappa shape index (κ3) is 7.31. The average molecular weight is 467 g/mol. The van der Waals surface area contributed by atoms with Crippen molar-refractivity contribution in [2.45, 2.75) is 43.4 Å². The number of carbonyl (C=O) groups is 3. The topological polar surface area (TPSA) is 172 Å². The molecule has 1 heterocycles. The summed E-state index contributed by atoms with van der Waals surface area (Å²) in [5.74, 6) is -1.65. The number of primary amides is 1. The highest BCUT2D eigenvalue weighted by Crippen LogP contribution is 2.12. The van der Waals surface area contributed by atoms with Gasteiger partial charge in [0.15, 0.2) is 0 Å². The van der Waals surface area contributed by atoms with Crippen molar-refractivity contribution in [1.82, 2.24) is 16.0 Å². The van der Waals surface area contributed by atoms with Crippen LogP contribution in [0.4, 0.5) is 0 Å². The zero-order valence-electron chi connectivity index (χ0n) is 18.7. The summed E-state index contributed by atoms with van der Waals surface area (Å²) >= 11 is 0. The van der Waals surface area contributed by atoms with Crippen molar-refractivity contribution in [3.63, 3.8) is 0 Å². The van der Waals surface area contributed by atoms with E-state index in [1.54, 1.807) is 18.5 Å². The van der Waals surface area contributed by atoms with E-state index in [0.29, 0.717) is 18.5 Å². The smallest absolute Gasteiger partial charge is 0.243 e. The first-order valence-corrected chi connectivity index (χ1v) is 11.0. The molecule has 3 rings (SSSR count). The fraction of sp³-hybridized carbons (Fsp3) is 0.333. The first-order chi connectivity index (χ1) is 16.3. The van der Waals surface area contributed by atoms with Crippen LogP contribution in [0.5, 0.6) is 5.75 Å². The van der Waals surface area contributed by atoms with E-state index in [0.717, 1.165) is 5.56 Å². The Morgan fingerprint density at radius 2 is 1.62 bits per heavy atom. The lowest BCUT2D eigenvalue weighted by Crippen LogP contribution is -2.57. The number of nitrogens with one attached hydrogen (secondary N) is 3. The normalized spacial score (nSPS) is 17.3. The second-order valence-electron chi connectivity index (χ2n) is 8.29. The molecule has 0 bridgehead atoms. The van der Waals surface area contributed by atoms with Gasteiger partial charge in [0.1, 0.15) is 17.8 Å². The summed E-state index contributed by atoms with van der Waals surface area (Å²) in [4.78, 5) is 42.0. The van der Waals surface area contributed by atoms with E-state index in [2.05, 4.69) is 20.9 Å². The zero-order chi connectivity index (χ0) is 24.5. The Morgan fingerprint density at radius 1 is 0.971 bits per heavy atom. The van der Waals surface area contributed by atoms with Crippen LogP contribution in [-0.2, 0) is 27.2 Å². The number of carbonyl (C=O) groups excluding carboxylic acids is 3. The Labute approximate surface area is 197 Å². The van der Waals surface area contributed by atoms with Crippen LogP contribution >= 0.6 is 0 Å². The molecule has 0 saturated carbocycles. The molecule has 0 aromatic heterocycles. The third-order valence-electron chi connectivity index (χ3n) is 5.55. The van der Waals surface area contributed by atoms with Gasteiger partial charge in [-0.25, -0.2) is 0 Å². The van der Waals surface area contributed by atoms with Crippen LogP contribution in [0.25, 0.3) is 0 Å². The molecular formula is C24H30N6O4. The van der Waals surface area contributed by atoms with Crippen LogP contribution < -0.4 is 27.4 Å². The first kappa shape index (κ1) is 24.7. The van der Waals surface area contributed by atoms with E-state index in [1.165, 1.54) is 12.1 Å². The summed E-state index contributed by atoms with van der Waals surface area (Å²) in [6.07, 6.45) is 2.26. The molecule has 8 N–H and O–H groups in total. The van der Waals surface area contributed by atoms with Gasteiger partial charge in [-0.05, 0) is 36.1 Å². The van der Waals surface area contributed by atoms with Crippen molar-refractivity contribution in [3.05, 3.63) is 65.7 Å². The zero-order valence-corrected chi connectivity index (χ0v) is 18.7. The van der Waals surface area contributed by atoms with Gasteiger partial charge in [-0.3, -0.25) is 19.4 Å².